The van der Waals surface area contributed by atoms with Gasteiger partial charge in [-0.25, -0.2) is 4.98 Å². The van der Waals surface area contributed by atoms with Gasteiger partial charge in [0.2, 0.25) is 0 Å². The van der Waals surface area contributed by atoms with Crippen molar-refractivity contribution in [1.29, 1.82) is 0 Å². The van der Waals surface area contributed by atoms with Gasteiger partial charge in [-0.15, -0.1) is 11.3 Å². The van der Waals surface area contributed by atoms with Gasteiger partial charge >= 0.3 is 0 Å². The Morgan fingerprint density at radius 2 is 2.20 bits per heavy atom. The summed E-state index contributed by atoms with van der Waals surface area (Å²) in [7, 11) is 1.71. The summed E-state index contributed by atoms with van der Waals surface area (Å²) >= 11 is 7.81. The number of thiazole rings is 1. The Morgan fingerprint density at radius 1 is 1.37 bits per heavy atom. The largest absolute Gasteiger partial charge is 0.490 e. The lowest BCUT2D eigenvalue weighted by molar-refractivity contribution is 0.107. The van der Waals surface area contributed by atoms with Gasteiger partial charge in [0.15, 0.2) is 11.7 Å². The lowest BCUT2D eigenvalue weighted by Crippen LogP contribution is -2.13. The maximum Gasteiger partial charge on any atom is 0.180 e. The number of allylic oxidation sites excluding steroid dienone is 1. The minimum Gasteiger partial charge on any atom is -0.490 e. The Balaban J connectivity index is 1.88. The molecule has 0 aliphatic heterocycles. The van der Waals surface area contributed by atoms with Crippen LogP contribution in [-0.2, 0) is 4.84 Å². The molecule has 0 amide bonds. The zero-order valence-corrected chi connectivity index (χ0v) is 18.7. The van der Waals surface area contributed by atoms with E-state index in [2.05, 4.69) is 20.4 Å². The second-order valence-electron chi connectivity index (χ2n) is 6.15. The molecule has 0 fully saturated rings. The van der Waals surface area contributed by atoms with E-state index in [1.165, 1.54) is 11.3 Å². The van der Waals surface area contributed by atoms with Gasteiger partial charge in [0.1, 0.15) is 23.8 Å². The van der Waals surface area contributed by atoms with Crippen LogP contribution in [0.15, 0.2) is 39.9 Å². The predicted molar refractivity (Wildman–Crippen MR) is 126 cm³/mol. The van der Waals surface area contributed by atoms with Crippen LogP contribution in [-0.4, -0.2) is 50.3 Å². The molecule has 162 valence electrons. The van der Waals surface area contributed by atoms with Crippen molar-refractivity contribution in [2.24, 2.45) is 15.9 Å². The molecule has 1 heterocycles. The highest BCUT2D eigenvalue weighted by Gasteiger charge is 2.07. The van der Waals surface area contributed by atoms with Crippen LogP contribution in [0.3, 0.4) is 0 Å². The van der Waals surface area contributed by atoms with Crippen molar-refractivity contribution in [3.05, 3.63) is 46.1 Å². The number of halogens is 1. The number of hydrogen-bond donors (Lipinski definition) is 3. The quantitative estimate of drug-likeness (QED) is 0.259. The SMILES string of the molecule is C/N=C/C(=C\NCCCN)c1ccc(OCCO/N=C(\C)c2csc(N)n2)cc1Cl. The van der Waals surface area contributed by atoms with E-state index in [1.54, 1.807) is 19.3 Å². The summed E-state index contributed by atoms with van der Waals surface area (Å²) in [5.41, 5.74) is 14.2. The lowest BCUT2D eigenvalue weighted by Gasteiger charge is -2.10. The lowest BCUT2D eigenvalue weighted by atomic mass is 10.1. The van der Waals surface area contributed by atoms with Crippen molar-refractivity contribution in [2.45, 2.75) is 13.3 Å². The van der Waals surface area contributed by atoms with E-state index in [0.717, 1.165) is 24.1 Å². The first-order valence-electron chi connectivity index (χ1n) is 9.41. The average molecular weight is 451 g/mol. The number of nitrogens with two attached hydrogens (primary N) is 2. The van der Waals surface area contributed by atoms with E-state index < -0.39 is 0 Å². The molecule has 0 bridgehead atoms. The molecule has 0 spiro atoms. The monoisotopic (exact) mass is 450 g/mol. The summed E-state index contributed by atoms with van der Waals surface area (Å²) in [6.07, 6.45) is 4.52. The number of anilines is 1. The zero-order chi connectivity index (χ0) is 21.8. The second kappa shape index (κ2) is 12.8. The number of aliphatic imine (C=N–C) groups is 1. The first kappa shape index (κ1) is 23.7. The number of nitrogens with zero attached hydrogens (tertiary/aromatic N) is 3. The third kappa shape index (κ3) is 7.66. The number of nitrogen functional groups attached to an aromatic ring is 1. The van der Waals surface area contributed by atoms with Crippen LogP contribution >= 0.6 is 22.9 Å². The molecule has 0 aliphatic carbocycles. The van der Waals surface area contributed by atoms with Crippen molar-refractivity contribution in [3.8, 4) is 5.75 Å². The summed E-state index contributed by atoms with van der Waals surface area (Å²) in [4.78, 5) is 13.5. The smallest absolute Gasteiger partial charge is 0.180 e. The van der Waals surface area contributed by atoms with Crippen LogP contribution < -0.4 is 21.5 Å². The third-order valence-electron chi connectivity index (χ3n) is 3.84. The maximum atomic E-state index is 6.45. The normalized spacial score (nSPS) is 12.4. The van der Waals surface area contributed by atoms with Gasteiger partial charge in [0, 0.05) is 42.5 Å². The van der Waals surface area contributed by atoms with Crippen molar-refractivity contribution >= 4 is 45.6 Å². The fraction of sp³-hybridized carbons (Fsp3) is 0.350. The summed E-state index contributed by atoms with van der Waals surface area (Å²) < 4.78 is 5.69. The molecule has 1 aromatic carbocycles. The number of rotatable bonds is 12. The Labute approximate surface area is 185 Å². The molecule has 5 N–H and O–H groups in total. The van der Waals surface area contributed by atoms with Crippen LogP contribution in [0.4, 0.5) is 5.13 Å². The zero-order valence-electron chi connectivity index (χ0n) is 17.1. The van der Waals surface area contributed by atoms with Gasteiger partial charge in [0.25, 0.3) is 0 Å². The van der Waals surface area contributed by atoms with E-state index in [9.17, 15) is 0 Å². The molecular formula is C20H27ClN6O2S. The maximum absolute atomic E-state index is 6.45. The van der Waals surface area contributed by atoms with Crippen molar-refractivity contribution in [2.75, 3.05) is 39.1 Å². The third-order valence-corrected chi connectivity index (χ3v) is 4.83. The fourth-order valence-corrected chi connectivity index (χ4v) is 3.26. The van der Waals surface area contributed by atoms with Crippen molar-refractivity contribution in [3.63, 3.8) is 0 Å². The molecule has 30 heavy (non-hydrogen) atoms. The second-order valence-corrected chi connectivity index (χ2v) is 7.45. The molecule has 0 saturated carbocycles. The van der Waals surface area contributed by atoms with Crippen molar-refractivity contribution in [1.82, 2.24) is 10.3 Å². The van der Waals surface area contributed by atoms with E-state index >= 15 is 0 Å². The van der Waals surface area contributed by atoms with E-state index in [-0.39, 0.29) is 6.61 Å². The van der Waals surface area contributed by atoms with E-state index in [0.29, 0.717) is 40.5 Å². The minimum atomic E-state index is 0.287. The molecular weight excluding hydrogens is 424 g/mol. The van der Waals surface area contributed by atoms with Crippen LogP contribution in [0, 0.1) is 0 Å². The van der Waals surface area contributed by atoms with Gasteiger partial charge in [0.05, 0.1) is 5.02 Å². The minimum absolute atomic E-state index is 0.287. The first-order valence-corrected chi connectivity index (χ1v) is 10.7. The van der Waals surface area contributed by atoms with E-state index in [4.69, 9.17) is 32.6 Å². The number of hydrogen-bond acceptors (Lipinski definition) is 9. The first-order chi connectivity index (χ1) is 14.5. The average Bonchev–Trinajstić information content (AvgIpc) is 3.17. The molecule has 10 heteroatoms. The standard InChI is InChI=1S/C20H27ClN6O2S/c1-14(19-13-30-20(23)26-19)27-29-9-8-28-16-4-5-17(18(21)10-16)15(11-24-2)12-25-7-3-6-22/h4-5,10-13,25H,3,6-9,22H2,1-2H3,(H2,23,26)/b15-12+,24-11+,27-14+. The van der Waals surface area contributed by atoms with Crippen molar-refractivity contribution < 1.29 is 9.57 Å². The van der Waals surface area contributed by atoms with E-state index in [1.807, 2.05) is 30.6 Å². The molecule has 0 radical (unpaired) electrons. The number of benzene rings is 1. The molecule has 0 unspecified atom stereocenters. The van der Waals surface area contributed by atoms with Gasteiger partial charge < -0.3 is 26.4 Å². The molecule has 0 saturated heterocycles. The summed E-state index contributed by atoms with van der Waals surface area (Å²) in [6, 6.07) is 5.51. The number of oxime groups is 1. The molecule has 0 aliphatic rings. The fourth-order valence-electron chi connectivity index (χ4n) is 2.37. The van der Waals surface area contributed by atoms with Crippen LogP contribution in [0.25, 0.3) is 5.57 Å². The molecule has 0 atom stereocenters. The van der Waals surface area contributed by atoms with Crippen LogP contribution in [0.5, 0.6) is 5.75 Å². The highest BCUT2D eigenvalue weighted by Crippen LogP contribution is 2.27. The molecule has 2 aromatic rings. The Morgan fingerprint density at radius 3 is 2.87 bits per heavy atom. The summed E-state index contributed by atoms with van der Waals surface area (Å²) in [6.45, 7) is 3.84. The number of ether oxygens (including phenoxy) is 1. The van der Waals surface area contributed by atoms with Gasteiger partial charge in [-0.05, 0) is 38.1 Å². The Bertz CT molecular complexity index is 897. The topological polar surface area (TPSA) is 120 Å². The summed E-state index contributed by atoms with van der Waals surface area (Å²) in [5.74, 6) is 0.643. The van der Waals surface area contributed by atoms with Gasteiger partial charge in [-0.2, -0.15) is 0 Å². The highest BCUT2D eigenvalue weighted by molar-refractivity contribution is 7.13. The molecule has 2 rings (SSSR count). The molecule has 8 nitrogen and oxygen atoms in total. The van der Waals surface area contributed by atoms with Crippen LogP contribution in [0.1, 0.15) is 24.6 Å². The molecule has 1 aromatic heterocycles. The Hall–Kier alpha value is -2.62. The number of nitrogens with one attached hydrogen (secondary N) is 1. The Kier molecular flexibility index (Phi) is 10.1. The predicted octanol–water partition coefficient (Wildman–Crippen LogP) is 3.18. The van der Waals surface area contributed by atoms with Crippen LogP contribution in [0.2, 0.25) is 5.02 Å². The summed E-state index contributed by atoms with van der Waals surface area (Å²) in [5, 5.41) is 10.1. The number of aromatic nitrogens is 1. The van der Waals surface area contributed by atoms with Gasteiger partial charge in [-0.1, -0.05) is 16.8 Å². The highest BCUT2D eigenvalue weighted by atomic mass is 35.5. The van der Waals surface area contributed by atoms with Gasteiger partial charge in [-0.3, -0.25) is 4.99 Å².